The molecule has 1 nitrogen and oxygen atoms in total. The third-order valence-electron chi connectivity index (χ3n) is 3.91. The van der Waals surface area contributed by atoms with Gasteiger partial charge in [0.25, 0.3) is 0 Å². The van der Waals surface area contributed by atoms with Crippen molar-refractivity contribution < 1.29 is 0 Å². The van der Waals surface area contributed by atoms with E-state index < -0.39 is 0 Å². The van der Waals surface area contributed by atoms with E-state index in [2.05, 4.69) is 11.0 Å². The van der Waals surface area contributed by atoms with Crippen molar-refractivity contribution in [2.75, 3.05) is 13.1 Å². The van der Waals surface area contributed by atoms with Crippen LogP contribution in [0.5, 0.6) is 0 Å². The first-order valence-electron chi connectivity index (χ1n) is 7.32. The summed E-state index contributed by atoms with van der Waals surface area (Å²) in [5, 5.41) is 2.72. The van der Waals surface area contributed by atoms with Gasteiger partial charge in [-0.1, -0.05) is 70.2 Å². The Morgan fingerprint density at radius 2 is 1.61 bits per heavy atom. The molecule has 1 aliphatic rings. The summed E-state index contributed by atoms with van der Waals surface area (Å²) in [6.07, 6.45) is 3.19. The molecule has 0 aliphatic carbocycles. The van der Waals surface area contributed by atoms with Gasteiger partial charge in [0.15, 0.2) is 0 Å². The van der Waals surface area contributed by atoms with Crippen molar-refractivity contribution in [1.29, 1.82) is 0 Å². The molecular formula is C18H15Cl4N. The SMILES string of the molecule is Clc1ccc(/C=C2\CCN(Cc3ccc(Cl)cc3Cl)C2)c(Cl)c1. The van der Waals surface area contributed by atoms with Crippen molar-refractivity contribution in [3.05, 3.63) is 73.2 Å². The molecular weight excluding hydrogens is 372 g/mol. The van der Waals surface area contributed by atoms with Crippen LogP contribution in [0.3, 0.4) is 0 Å². The first-order valence-corrected chi connectivity index (χ1v) is 8.83. The highest BCUT2D eigenvalue weighted by atomic mass is 35.5. The summed E-state index contributed by atoms with van der Waals surface area (Å²) >= 11 is 24.4. The lowest BCUT2D eigenvalue weighted by atomic mass is 10.1. The van der Waals surface area contributed by atoms with E-state index in [1.807, 2.05) is 24.3 Å². The molecule has 2 aromatic carbocycles. The van der Waals surface area contributed by atoms with Crippen LogP contribution in [-0.2, 0) is 6.54 Å². The maximum atomic E-state index is 6.25. The Bertz CT molecular complexity index is 755. The van der Waals surface area contributed by atoms with E-state index in [-0.39, 0.29) is 0 Å². The molecule has 5 heteroatoms. The lowest BCUT2D eigenvalue weighted by molar-refractivity contribution is 0.337. The Morgan fingerprint density at radius 1 is 0.913 bits per heavy atom. The van der Waals surface area contributed by atoms with Gasteiger partial charge in [0.2, 0.25) is 0 Å². The molecule has 23 heavy (non-hydrogen) atoms. The van der Waals surface area contributed by atoms with Gasteiger partial charge in [0.1, 0.15) is 0 Å². The third-order valence-corrected chi connectivity index (χ3v) is 5.06. The zero-order valence-electron chi connectivity index (χ0n) is 12.3. The van der Waals surface area contributed by atoms with Crippen LogP contribution in [0.4, 0.5) is 0 Å². The fourth-order valence-corrected chi connectivity index (χ4v) is 3.66. The molecule has 3 rings (SSSR count). The Balaban J connectivity index is 1.69. The zero-order chi connectivity index (χ0) is 16.4. The fraction of sp³-hybridized carbons (Fsp3) is 0.222. The highest BCUT2D eigenvalue weighted by Gasteiger charge is 2.18. The summed E-state index contributed by atoms with van der Waals surface area (Å²) in [7, 11) is 0. The fourth-order valence-electron chi connectivity index (χ4n) is 2.73. The predicted octanol–water partition coefficient (Wildman–Crippen LogP) is 6.59. The summed E-state index contributed by atoms with van der Waals surface area (Å²) < 4.78 is 0. The van der Waals surface area contributed by atoms with Gasteiger partial charge < -0.3 is 0 Å². The van der Waals surface area contributed by atoms with Crippen LogP contribution in [-0.4, -0.2) is 18.0 Å². The third kappa shape index (κ3) is 4.43. The van der Waals surface area contributed by atoms with Gasteiger partial charge >= 0.3 is 0 Å². The van der Waals surface area contributed by atoms with E-state index in [1.54, 1.807) is 12.1 Å². The molecule has 0 amide bonds. The van der Waals surface area contributed by atoms with Gasteiger partial charge in [0, 0.05) is 39.7 Å². The molecule has 0 atom stereocenters. The molecule has 0 aromatic heterocycles. The Hall–Kier alpha value is -0.700. The second-order valence-corrected chi connectivity index (χ2v) is 7.35. The van der Waals surface area contributed by atoms with Crippen LogP contribution in [0.1, 0.15) is 17.5 Å². The second-order valence-electron chi connectivity index (χ2n) is 5.66. The molecule has 0 spiro atoms. The van der Waals surface area contributed by atoms with E-state index >= 15 is 0 Å². The zero-order valence-corrected chi connectivity index (χ0v) is 15.4. The predicted molar refractivity (Wildman–Crippen MR) is 101 cm³/mol. The highest BCUT2D eigenvalue weighted by molar-refractivity contribution is 6.35. The lowest BCUT2D eigenvalue weighted by Crippen LogP contribution is -2.18. The highest BCUT2D eigenvalue weighted by Crippen LogP contribution is 2.28. The second kappa shape index (κ2) is 7.46. The number of likely N-dealkylation sites (tertiary alicyclic amines) is 1. The Labute approximate surface area is 156 Å². The Kier molecular flexibility index (Phi) is 5.56. The molecule has 120 valence electrons. The van der Waals surface area contributed by atoms with Crippen molar-refractivity contribution in [3.63, 3.8) is 0 Å². The molecule has 0 N–H and O–H groups in total. The van der Waals surface area contributed by atoms with Crippen LogP contribution < -0.4 is 0 Å². The smallest absolute Gasteiger partial charge is 0.0493 e. The maximum absolute atomic E-state index is 6.25. The average Bonchev–Trinajstić information content (AvgIpc) is 2.92. The largest absolute Gasteiger partial charge is 0.295 e. The van der Waals surface area contributed by atoms with E-state index in [0.717, 1.165) is 42.2 Å². The average molecular weight is 387 g/mol. The minimum Gasteiger partial charge on any atom is -0.295 e. The molecule has 1 aliphatic heterocycles. The number of hydrogen-bond acceptors (Lipinski definition) is 1. The van der Waals surface area contributed by atoms with Crippen LogP contribution in [0.25, 0.3) is 6.08 Å². The van der Waals surface area contributed by atoms with Crippen LogP contribution in [0.2, 0.25) is 20.1 Å². The quantitative estimate of drug-likeness (QED) is 0.575. The number of nitrogens with zero attached hydrogens (tertiary/aromatic N) is 1. The molecule has 0 saturated carbocycles. The van der Waals surface area contributed by atoms with E-state index in [1.165, 1.54) is 5.57 Å². The van der Waals surface area contributed by atoms with Gasteiger partial charge in [-0.25, -0.2) is 0 Å². The van der Waals surface area contributed by atoms with Gasteiger partial charge in [-0.3, -0.25) is 4.90 Å². The van der Waals surface area contributed by atoms with E-state index in [4.69, 9.17) is 46.4 Å². The molecule has 0 radical (unpaired) electrons. The molecule has 2 aromatic rings. The van der Waals surface area contributed by atoms with E-state index in [9.17, 15) is 0 Å². The summed E-state index contributed by atoms with van der Waals surface area (Å²) in [4.78, 5) is 2.37. The minimum atomic E-state index is 0.655. The normalized spacial score (nSPS) is 17.1. The topological polar surface area (TPSA) is 3.24 Å². The minimum absolute atomic E-state index is 0.655. The number of hydrogen-bond donors (Lipinski definition) is 0. The Morgan fingerprint density at radius 3 is 2.30 bits per heavy atom. The summed E-state index contributed by atoms with van der Waals surface area (Å²) in [5.41, 5.74) is 3.47. The monoisotopic (exact) mass is 385 g/mol. The maximum Gasteiger partial charge on any atom is 0.0493 e. The van der Waals surface area contributed by atoms with Gasteiger partial charge in [0.05, 0.1) is 0 Å². The molecule has 1 heterocycles. The number of rotatable bonds is 3. The number of halogens is 4. The lowest BCUT2D eigenvalue weighted by Gasteiger charge is -2.15. The van der Waals surface area contributed by atoms with Crippen molar-refractivity contribution in [3.8, 4) is 0 Å². The van der Waals surface area contributed by atoms with Crippen LogP contribution in [0, 0.1) is 0 Å². The first-order chi connectivity index (χ1) is 11.0. The van der Waals surface area contributed by atoms with Crippen molar-refractivity contribution in [2.45, 2.75) is 13.0 Å². The summed E-state index contributed by atoms with van der Waals surface area (Å²) in [5.74, 6) is 0. The number of benzene rings is 2. The molecule has 0 bridgehead atoms. The van der Waals surface area contributed by atoms with Crippen LogP contribution in [0.15, 0.2) is 42.0 Å². The van der Waals surface area contributed by atoms with Gasteiger partial charge in [-0.2, -0.15) is 0 Å². The van der Waals surface area contributed by atoms with Gasteiger partial charge in [-0.05, 0) is 41.8 Å². The standard InChI is InChI=1S/C18H15Cl4N/c19-15-3-1-13(17(21)8-15)7-12-5-6-23(10-12)11-14-2-4-16(20)9-18(14)22/h1-4,7-9H,5-6,10-11H2/b12-7+. The van der Waals surface area contributed by atoms with Crippen molar-refractivity contribution in [1.82, 2.24) is 4.90 Å². The first kappa shape index (κ1) is 17.1. The summed E-state index contributed by atoms with van der Waals surface area (Å²) in [6.45, 7) is 2.75. The molecule has 1 saturated heterocycles. The van der Waals surface area contributed by atoms with Crippen molar-refractivity contribution >= 4 is 52.5 Å². The van der Waals surface area contributed by atoms with Crippen LogP contribution >= 0.6 is 46.4 Å². The van der Waals surface area contributed by atoms with Gasteiger partial charge in [-0.15, -0.1) is 0 Å². The molecule has 0 unspecified atom stereocenters. The molecule has 1 fully saturated rings. The van der Waals surface area contributed by atoms with E-state index in [0.29, 0.717) is 15.1 Å². The summed E-state index contributed by atoms with van der Waals surface area (Å²) in [6, 6.07) is 11.2. The van der Waals surface area contributed by atoms with Crippen molar-refractivity contribution in [2.24, 2.45) is 0 Å².